The van der Waals surface area contributed by atoms with Crippen molar-refractivity contribution in [3.63, 3.8) is 0 Å². The lowest BCUT2D eigenvalue weighted by Gasteiger charge is -2.32. The molecule has 0 bridgehead atoms. The Morgan fingerprint density at radius 1 is 1.00 bits per heavy atom. The van der Waals surface area contributed by atoms with Crippen LogP contribution in [0.15, 0.2) is 18.2 Å². The fourth-order valence-electron chi connectivity index (χ4n) is 2.15. The summed E-state index contributed by atoms with van der Waals surface area (Å²) >= 11 is 0. The largest absolute Gasteiger partial charge is 0.573 e. The van der Waals surface area contributed by atoms with Gasteiger partial charge in [-0.15, -0.1) is 13.2 Å². The van der Waals surface area contributed by atoms with Gasteiger partial charge in [0.1, 0.15) is 11.5 Å². The Hall–Kier alpha value is -1.41. The van der Waals surface area contributed by atoms with Gasteiger partial charge in [0.2, 0.25) is 0 Å². The normalized spacial score (nSPS) is 19.7. The second kappa shape index (κ2) is 5.90. The highest BCUT2D eigenvalue weighted by Crippen LogP contribution is 2.37. The third-order valence-corrected chi connectivity index (χ3v) is 3.97. The lowest BCUT2D eigenvalue weighted by molar-refractivity contribution is -0.274. The number of hydrogen-bond acceptors (Lipinski definition) is 4. The van der Waals surface area contributed by atoms with E-state index >= 15 is 0 Å². The van der Waals surface area contributed by atoms with Crippen LogP contribution in [0.3, 0.4) is 0 Å². The van der Waals surface area contributed by atoms with Gasteiger partial charge in [0.15, 0.2) is 0 Å². The Morgan fingerprint density at radius 2 is 1.52 bits per heavy atom. The standard InChI is InChI=1S/C15H20BF3O4/c1-6-20-11-7-10(8-12(9-11)21-15(17,18)19)16-22-13(2,3)14(4,5)23-16/h7-9H,6H2,1-5H3. The van der Waals surface area contributed by atoms with Gasteiger partial charge in [-0.2, -0.15) is 0 Å². The van der Waals surface area contributed by atoms with Crippen LogP contribution in [0.1, 0.15) is 34.6 Å². The van der Waals surface area contributed by atoms with Crippen LogP contribution in [0.5, 0.6) is 11.5 Å². The summed E-state index contributed by atoms with van der Waals surface area (Å²) in [5, 5.41) is 0. The molecule has 1 heterocycles. The van der Waals surface area contributed by atoms with Gasteiger partial charge in [0.25, 0.3) is 0 Å². The number of ether oxygens (including phenoxy) is 2. The van der Waals surface area contributed by atoms with E-state index in [1.165, 1.54) is 12.1 Å². The Balaban J connectivity index is 2.35. The van der Waals surface area contributed by atoms with E-state index in [4.69, 9.17) is 14.0 Å². The molecule has 4 nitrogen and oxygen atoms in total. The third kappa shape index (κ3) is 4.12. The Bertz CT molecular complexity index is 556. The van der Waals surface area contributed by atoms with Crippen LogP contribution in [-0.2, 0) is 9.31 Å². The molecule has 0 aromatic heterocycles. The predicted molar refractivity (Wildman–Crippen MR) is 80.0 cm³/mol. The van der Waals surface area contributed by atoms with Gasteiger partial charge in [-0.25, -0.2) is 0 Å². The van der Waals surface area contributed by atoms with Crippen molar-refractivity contribution in [1.29, 1.82) is 0 Å². The van der Waals surface area contributed by atoms with Crippen LogP contribution in [0, 0.1) is 0 Å². The molecule has 1 fully saturated rings. The molecule has 2 rings (SSSR count). The number of alkyl halides is 3. The lowest BCUT2D eigenvalue weighted by Crippen LogP contribution is -2.41. The maximum Gasteiger partial charge on any atom is 0.573 e. The summed E-state index contributed by atoms with van der Waals surface area (Å²) in [5.74, 6) is -0.105. The van der Waals surface area contributed by atoms with Gasteiger partial charge in [0.05, 0.1) is 17.8 Å². The summed E-state index contributed by atoms with van der Waals surface area (Å²) in [6.45, 7) is 9.53. The van der Waals surface area contributed by atoms with Crippen molar-refractivity contribution < 1.29 is 32.0 Å². The second-order valence-electron chi connectivity index (χ2n) is 6.31. The first-order valence-electron chi connectivity index (χ1n) is 7.33. The van der Waals surface area contributed by atoms with Gasteiger partial charge in [0, 0.05) is 6.07 Å². The van der Waals surface area contributed by atoms with Crippen molar-refractivity contribution in [2.45, 2.75) is 52.2 Å². The molecule has 1 saturated heterocycles. The molecular weight excluding hydrogens is 312 g/mol. The molecule has 0 atom stereocenters. The van der Waals surface area contributed by atoms with Crippen molar-refractivity contribution in [2.75, 3.05) is 6.61 Å². The number of benzene rings is 1. The van der Waals surface area contributed by atoms with Crippen LogP contribution in [-0.4, -0.2) is 31.3 Å². The smallest absolute Gasteiger partial charge is 0.494 e. The minimum atomic E-state index is -4.78. The summed E-state index contributed by atoms with van der Waals surface area (Å²) in [4.78, 5) is 0. The first kappa shape index (κ1) is 17.9. The van der Waals surface area contributed by atoms with Crippen molar-refractivity contribution in [3.05, 3.63) is 18.2 Å². The van der Waals surface area contributed by atoms with Crippen LogP contribution < -0.4 is 14.9 Å². The van der Waals surface area contributed by atoms with Crippen LogP contribution in [0.2, 0.25) is 0 Å². The molecule has 1 aliphatic heterocycles. The van der Waals surface area contributed by atoms with E-state index in [1.807, 2.05) is 27.7 Å². The number of halogens is 3. The third-order valence-electron chi connectivity index (χ3n) is 3.97. The van der Waals surface area contributed by atoms with Gasteiger partial charge in [-0.3, -0.25) is 0 Å². The molecule has 0 saturated carbocycles. The molecule has 0 aliphatic carbocycles. The number of rotatable bonds is 4. The molecule has 0 amide bonds. The molecule has 0 N–H and O–H groups in total. The van der Waals surface area contributed by atoms with Crippen LogP contribution in [0.25, 0.3) is 0 Å². The average molecular weight is 332 g/mol. The van der Waals surface area contributed by atoms with Gasteiger partial charge in [-0.05, 0) is 52.2 Å². The van der Waals surface area contributed by atoms with Crippen LogP contribution in [0.4, 0.5) is 13.2 Å². The Kier molecular flexibility index (Phi) is 4.61. The molecule has 0 unspecified atom stereocenters. The van der Waals surface area contributed by atoms with Gasteiger partial charge < -0.3 is 18.8 Å². The molecule has 0 radical (unpaired) electrons. The monoisotopic (exact) mass is 332 g/mol. The minimum absolute atomic E-state index is 0.263. The Labute approximate surface area is 134 Å². The molecule has 1 aromatic rings. The lowest BCUT2D eigenvalue weighted by atomic mass is 9.79. The number of hydrogen-bond donors (Lipinski definition) is 0. The highest BCUT2D eigenvalue weighted by atomic mass is 19.4. The second-order valence-corrected chi connectivity index (χ2v) is 6.31. The predicted octanol–water partition coefficient (Wildman–Crippen LogP) is 3.28. The fraction of sp³-hybridized carbons (Fsp3) is 0.600. The summed E-state index contributed by atoms with van der Waals surface area (Å²) in [7, 11) is -0.795. The first-order chi connectivity index (χ1) is 10.4. The zero-order valence-corrected chi connectivity index (χ0v) is 13.8. The SMILES string of the molecule is CCOc1cc(OC(F)(F)F)cc(B2OC(C)(C)C(C)(C)O2)c1. The van der Waals surface area contributed by atoms with Crippen molar-refractivity contribution >= 4 is 12.6 Å². The fourth-order valence-corrected chi connectivity index (χ4v) is 2.15. The zero-order valence-electron chi connectivity index (χ0n) is 13.8. The van der Waals surface area contributed by atoms with E-state index in [1.54, 1.807) is 13.0 Å². The first-order valence-corrected chi connectivity index (χ1v) is 7.33. The van der Waals surface area contributed by atoms with Crippen molar-refractivity contribution in [2.24, 2.45) is 0 Å². The Morgan fingerprint density at radius 3 is 2.00 bits per heavy atom. The maximum absolute atomic E-state index is 12.5. The van der Waals surface area contributed by atoms with E-state index < -0.39 is 24.7 Å². The van der Waals surface area contributed by atoms with E-state index in [0.29, 0.717) is 12.1 Å². The summed E-state index contributed by atoms with van der Waals surface area (Å²) in [6.07, 6.45) is -4.78. The average Bonchev–Trinajstić information content (AvgIpc) is 2.56. The van der Waals surface area contributed by atoms with Gasteiger partial charge >= 0.3 is 13.5 Å². The summed E-state index contributed by atoms with van der Waals surface area (Å²) < 4.78 is 58.5. The highest BCUT2D eigenvalue weighted by molar-refractivity contribution is 6.62. The molecule has 23 heavy (non-hydrogen) atoms. The quantitative estimate of drug-likeness (QED) is 0.793. The van der Waals surface area contributed by atoms with E-state index in [-0.39, 0.29) is 11.5 Å². The molecule has 8 heteroatoms. The minimum Gasteiger partial charge on any atom is -0.494 e. The highest BCUT2D eigenvalue weighted by Gasteiger charge is 2.52. The van der Waals surface area contributed by atoms with Crippen LogP contribution >= 0.6 is 0 Å². The summed E-state index contributed by atoms with van der Waals surface area (Å²) in [6, 6.07) is 4.03. The molecule has 1 aliphatic rings. The van der Waals surface area contributed by atoms with E-state index in [2.05, 4.69) is 4.74 Å². The molecule has 128 valence electrons. The summed E-state index contributed by atoms with van der Waals surface area (Å²) in [5.41, 5.74) is -0.775. The zero-order chi connectivity index (χ0) is 17.5. The van der Waals surface area contributed by atoms with Gasteiger partial charge in [-0.1, -0.05) is 0 Å². The molecule has 1 aromatic carbocycles. The van der Waals surface area contributed by atoms with E-state index in [0.717, 1.165) is 0 Å². The molecule has 0 spiro atoms. The maximum atomic E-state index is 12.5. The van der Waals surface area contributed by atoms with E-state index in [9.17, 15) is 13.2 Å². The molecular formula is C15H20BF3O4. The van der Waals surface area contributed by atoms with Crippen molar-refractivity contribution in [1.82, 2.24) is 0 Å². The topological polar surface area (TPSA) is 36.9 Å². The van der Waals surface area contributed by atoms with Crippen molar-refractivity contribution in [3.8, 4) is 11.5 Å².